The first-order valence-corrected chi connectivity index (χ1v) is 8.48. The van der Waals surface area contributed by atoms with Crippen molar-refractivity contribution in [3.63, 3.8) is 0 Å². The van der Waals surface area contributed by atoms with Crippen molar-refractivity contribution in [2.24, 2.45) is 5.41 Å². The first-order chi connectivity index (χ1) is 9.13. The van der Waals surface area contributed by atoms with E-state index in [-0.39, 0.29) is 0 Å². The van der Waals surface area contributed by atoms with Gasteiger partial charge in [-0.05, 0) is 49.7 Å². The molecule has 1 N–H and O–H groups in total. The number of nitrogens with one attached hydrogen (secondary N) is 1. The minimum absolute atomic E-state index is 0.598. The molecule has 2 heterocycles. The van der Waals surface area contributed by atoms with Crippen molar-refractivity contribution in [2.45, 2.75) is 52.6 Å². The van der Waals surface area contributed by atoms with E-state index in [1.54, 1.807) is 0 Å². The van der Waals surface area contributed by atoms with E-state index in [1.165, 1.54) is 37.2 Å². The van der Waals surface area contributed by atoms with Crippen LogP contribution in [0.4, 0.5) is 0 Å². The van der Waals surface area contributed by atoms with Crippen LogP contribution in [0.3, 0.4) is 0 Å². The fraction of sp³-hybridized carbons (Fsp3) is 0.750. The van der Waals surface area contributed by atoms with Crippen LogP contribution in [0.2, 0.25) is 0 Å². The van der Waals surface area contributed by atoms with Crippen LogP contribution in [-0.2, 0) is 6.54 Å². The van der Waals surface area contributed by atoms with Crippen molar-refractivity contribution in [1.82, 2.24) is 10.2 Å². The van der Waals surface area contributed by atoms with Gasteiger partial charge in [0.05, 0.1) is 0 Å². The van der Waals surface area contributed by atoms with Crippen molar-refractivity contribution in [3.8, 4) is 0 Å². The normalized spacial score (nSPS) is 21.4. The molecule has 19 heavy (non-hydrogen) atoms. The van der Waals surface area contributed by atoms with Crippen LogP contribution in [0.15, 0.2) is 17.5 Å². The zero-order chi connectivity index (χ0) is 13.7. The summed E-state index contributed by atoms with van der Waals surface area (Å²) < 4.78 is 0. The lowest BCUT2D eigenvalue weighted by Crippen LogP contribution is -2.46. The van der Waals surface area contributed by atoms with Gasteiger partial charge < -0.3 is 5.32 Å². The van der Waals surface area contributed by atoms with E-state index in [0.29, 0.717) is 11.5 Å². The topological polar surface area (TPSA) is 15.3 Å². The van der Waals surface area contributed by atoms with Crippen LogP contribution < -0.4 is 5.32 Å². The molecule has 1 fully saturated rings. The molecule has 0 aromatic carbocycles. The number of hydrogen-bond donors (Lipinski definition) is 1. The Hall–Kier alpha value is -0.380. The fourth-order valence-corrected chi connectivity index (χ4v) is 3.48. The number of likely N-dealkylation sites (tertiary alicyclic amines) is 1. The third kappa shape index (κ3) is 4.30. The second-order valence-electron chi connectivity index (χ2n) is 6.26. The molecular weight excluding hydrogens is 252 g/mol. The van der Waals surface area contributed by atoms with Gasteiger partial charge in [-0.25, -0.2) is 0 Å². The Morgan fingerprint density at radius 2 is 2.16 bits per heavy atom. The average Bonchev–Trinajstić information content (AvgIpc) is 2.92. The highest BCUT2D eigenvalue weighted by Crippen LogP contribution is 2.34. The Morgan fingerprint density at radius 3 is 2.74 bits per heavy atom. The maximum absolute atomic E-state index is 3.59. The van der Waals surface area contributed by atoms with E-state index >= 15 is 0 Å². The summed E-state index contributed by atoms with van der Waals surface area (Å²) in [5, 5.41) is 5.74. The van der Waals surface area contributed by atoms with Crippen LogP contribution in [0.25, 0.3) is 0 Å². The first kappa shape index (κ1) is 15.0. The summed E-state index contributed by atoms with van der Waals surface area (Å²) in [7, 11) is 0. The Morgan fingerprint density at radius 1 is 1.42 bits per heavy atom. The lowest BCUT2D eigenvalue weighted by Gasteiger charge is -2.41. The summed E-state index contributed by atoms with van der Waals surface area (Å²) in [5.74, 6) is 0. The van der Waals surface area contributed by atoms with Crippen LogP contribution in [0.5, 0.6) is 0 Å². The van der Waals surface area contributed by atoms with Crippen molar-refractivity contribution >= 4 is 11.3 Å². The van der Waals surface area contributed by atoms with Gasteiger partial charge in [0, 0.05) is 24.0 Å². The van der Waals surface area contributed by atoms with Crippen LogP contribution >= 0.6 is 11.3 Å². The van der Waals surface area contributed by atoms with Gasteiger partial charge in [-0.15, -0.1) is 11.3 Å². The molecule has 1 unspecified atom stereocenters. The van der Waals surface area contributed by atoms with Gasteiger partial charge in [0.15, 0.2) is 0 Å². The van der Waals surface area contributed by atoms with E-state index in [1.807, 2.05) is 11.3 Å². The molecule has 3 heteroatoms. The second-order valence-corrected chi connectivity index (χ2v) is 7.29. The zero-order valence-corrected chi connectivity index (χ0v) is 13.4. The molecule has 0 saturated carbocycles. The highest BCUT2D eigenvalue weighted by Gasteiger charge is 2.29. The van der Waals surface area contributed by atoms with E-state index in [9.17, 15) is 0 Å². The lowest BCUT2D eigenvalue weighted by molar-refractivity contribution is 0.0860. The van der Waals surface area contributed by atoms with Crippen LogP contribution in [0.1, 0.15) is 44.9 Å². The lowest BCUT2D eigenvalue weighted by atomic mass is 9.78. The van der Waals surface area contributed by atoms with Gasteiger partial charge in [-0.1, -0.05) is 26.3 Å². The molecule has 0 spiro atoms. The Labute approximate surface area is 122 Å². The van der Waals surface area contributed by atoms with Crippen molar-refractivity contribution < 1.29 is 0 Å². The third-order valence-electron chi connectivity index (χ3n) is 4.80. The standard InChI is InChI=1S/C16H28N2S/c1-4-16(3)7-9-18(10-8-16)14(2)12-17-13-15-6-5-11-19-15/h5-6,11,14,17H,4,7-10,12-13H2,1-3H3. The summed E-state index contributed by atoms with van der Waals surface area (Å²) in [6.45, 7) is 11.8. The molecule has 1 saturated heterocycles. The number of hydrogen-bond acceptors (Lipinski definition) is 3. The number of nitrogens with zero attached hydrogens (tertiary/aromatic N) is 1. The molecule has 1 aliphatic heterocycles. The number of thiophene rings is 1. The first-order valence-electron chi connectivity index (χ1n) is 7.60. The average molecular weight is 280 g/mol. The summed E-state index contributed by atoms with van der Waals surface area (Å²) in [5.41, 5.74) is 0.598. The van der Waals surface area contributed by atoms with Gasteiger partial charge in [0.1, 0.15) is 0 Å². The SMILES string of the molecule is CCC1(C)CCN(C(C)CNCc2cccs2)CC1. The van der Waals surface area contributed by atoms with Crippen molar-refractivity contribution in [1.29, 1.82) is 0 Å². The van der Waals surface area contributed by atoms with Crippen molar-refractivity contribution in [2.75, 3.05) is 19.6 Å². The third-order valence-corrected chi connectivity index (χ3v) is 5.68. The smallest absolute Gasteiger partial charge is 0.0300 e. The predicted molar refractivity (Wildman–Crippen MR) is 84.7 cm³/mol. The highest BCUT2D eigenvalue weighted by molar-refractivity contribution is 7.09. The quantitative estimate of drug-likeness (QED) is 0.854. The summed E-state index contributed by atoms with van der Waals surface area (Å²) in [6.07, 6.45) is 4.05. The summed E-state index contributed by atoms with van der Waals surface area (Å²) >= 11 is 1.84. The van der Waals surface area contributed by atoms with Crippen LogP contribution in [0, 0.1) is 5.41 Å². The van der Waals surface area contributed by atoms with E-state index in [2.05, 4.69) is 48.5 Å². The van der Waals surface area contributed by atoms with Crippen molar-refractivity contribution in [3.05, 3.63) is 22.4 Å². The number of piperidine rings is 1. The van der Waals surface area contributed by atoms with Gasteiger partial charge in [-0.2, -0.15) is 0 Å². The number of rotatable bonds is 6. The molecule has 0 radical (unpaired) electrons. The van der Waals surface area contributed by atoms with Gasteiger partial charge in [-0.3, -0.25) is 4.90 Å². The Bertz CT molecular complexity index is 353. The Balaban J connectivity index is 1.68. The predicted octanol–water partition coefficient (Wildman–Crippen LogP) is 3.74. The monoisotopic (exact) mass is 280 g/mol. The summed E-state index contributed by atoms with van der Waals surface area (Å²) in [6, 6.07) is 4.98. The van der Waals surface area contributed by atoms with Crippen LogP contribution in [-0.4, -0.2) is 30.6 Å². The van der Waals surface area contributed by atoms with E-state index < -0.39 is 0 Å². The molecule has 108 valence electrons. The van der Waals surface area contributed by atoms with E-state index in [4.69, 9.17) is 0 Å². The largest absolute Gasteiger partial charge is 0.310 e. The maximum atomic E-state index is 3.59. The molecule has 1 atom stereocenters. The van der Waals surface area contributed by atoms with Gasteiger partial charge >= 0.3 is 0 Å². The fourth-order valence-electron chi connectivity index (χ4n) is 2.80. The minimum atomic E-state index is 0.598. The van der Waals surface area contributed by atoms with Gasteiger partial charge in [0.2, 0.25) is 0 Å². The molecule has 2 rings (SSSR count). The van der Waals surface area contributed by atoms with E-state index in [0.717, 1.165) is 13.1 Å². The zero-order valence-electron chi connectivity index (χ0n) is 12.6. The second kappa shape index (κ2) is 6.87. The van der Waals surface area contributed by atoms with Gasteiger partial charge in [0.25, 0.3) is 0 Å². The Kier molecular flexibility index (Phi) is 5.43. The molecular formula is C16H28N2S. The molecule has 0 aliphatic carbocycles. The summed E-state index contributed by atoms with van der Waals surface area (Å²) in [4.78, 5) is 4.09. The maximum Gasteiger partial charge on any atom is 0.0300 e. The molecule has 0 bridgehead atoms. The molecule has 0 amide bonds. The molecule has 1 aliphatic rings. The molecule has 2 nitrogen and oxygen atoms in total. The molecule has 1 aromatic rings. The molecule has 1 aromatic heterocycles. The minimum Gasteiger partial charge on any atom is -0.310 e. The highest BCUT2D eigenvalue weighted by atomic mass is 32.1.